The minimum absolute atomic E-state index is 0.292. The molecule has 0 radical (unpaired) electrons. The predicted octanol–water partition coefficient (Wildman–Crippen LogP) is 3.17. The first-order chi connectivity index (χ1) is 8.10. The van der Waals surface area contributed by atoms with Crippen LogP contribution < -0.4 is 0 Å². The summed E-state index contributed by atoms with van der Waals surface area (Å²) >= 11 is 0. The van der Waals surface area contributed by atoms with E-state index in [0.717, 1.165) is 24.2 Å². The zero-order chi connectivity index (χ0) is 12.0. The number of hydrogen-bond acceptors (Lipinski definition) is 3. The number of rotatable bonds is 3. The second-order valence-electron chi connectivity index (χ2n) is 6.58. The maximum Gasteiger partial charge on any atom is 0.368 e. The van der Waals surface area contributed by atoms with E-state index in [1.165, 1.54) is 38.5 Å². The fourth-order valence-corrected chi connectivity index (χ4v) is 5.10. The summed E-state index contributed by atoms with van der Waals surface area (Å²) in [5.74, 6) is 1.97. The molecule has 94 valence electrons. The highest BCUT2D eigenvalue weighted by Crippen LogP contribution is 2.61. The van der Waals surface area contributed by atoms with Crippen LogP contribution in [0.4, 0.5) is 0 Å². The van der Waals surface area contributed by atoms with Crippen molar-refractivity contribution in [1.29, 1.82) is 0 Å². The molecule has 0 atom stereocenters. The molecule has 4 bridgehead atoms. The van der Waals surface area contributed by atoms with E-state index in [4.69, 9.17) is 5.26 Å². The molecule has 0 unspecified atom stereocenters. The summed E-state index contributed by atoms with van der Waals surface area (Å²) in [6.45, 7) is 3.77. The Morgan fingerprint density at radius 3 is 2.06 bits per heavy atom. The molecule has 4 aliphatic rings. The Morgan fingerprint density at radius 2 is 1.65 bits per heavy atom. The van der Waals surface area contributed by atoms with Crippen LogP contribution in [0.15, 0.2) is 12.2 Å². The van der Waals surface area contributed by atoms with Crippen molar-refractivity contribution in [3.63, 3.8) is 0 Å². The maximum atomic E-state index is 11.3. The van der Waals surface area contributed by atoms with Gasteiger partial charge in [-0.1, -0.05) is 6.58 Å². The monoisotopic (exact) mass is 236 g/mol. The summed E-state index contributed by atoms with van der Waals surface area (Å²) < 4.78 is 0. The lowest BCUT2D eigenvalue weighted by Gasteiger charge is -2.57. The molecule has 0 aromatic rings. The van der Waals surface area contributed by atoms with Crippen LogP contribution in [-0.2, 0) is 9.68 Å². The van der Waals surface area contributed by atoms with E-state index in [-0.39, 0.29) is 0 Å². The second-order valence-corrected chi connectivity index (χ2v) is 6.58. The van der Waals surface area contributed by atoms with Crippen LogP contribution in [0.1, 0.15) is 44.9 Å². The average Bonchev–Trinajstić information content (AvgIpc) is 2.25. The molecule has 4 fully saturated rings. The topological polar surface area (TPSA) is 46.5 Å². The molecule has 4 rings (SSSR count). The van der Waals surface area contributed by atoms with E-state index >= 15 is 0 Å². The SMILES string of the molecule is C=C(CC12CC3CC(CC(C3)C1)C2)C(=O)OO. The average molecular weight is 236 g/mol. The standard InChI is InChI=1S/C14H20O3/c1-9(13(15)17-16)5-14-6-10-2-11(7-14)4-12(3-10)8-14/h10-12,16H,1-8H2. The van der Waals surface area contributed by atoms with Crippen molar-refractivity contribution >= 4 is 5.97 Å². The van der Waals surface area contributed by atoms with Crippen LogP contribution in [-0.4, -0.2) is 11.2 Å². The van der Waals surface area contributed by atoms with Crippen molar-refractivity contribution in [3.8, 4) is 0 Å². The largest absolute Gasteiger partial charge is 0.368 e. The molecule has 0 aromatic carbocycles. The summed E-state index contributed by atoms with van der Waals surface area (Å²) in [5.41, 5.74) is 0.731. The van der Waals surface area contributed by atoms with Gasteiger partial charge in [-0.15, -0.1) is 0 Å². The van der Waals surface area contributed by atoms with Gasteiger partial charge in [0, 0.05) is 5.57 Å². The molecule has 0 spiro atoms. The van der Waals surface area contributed by atoms with Gasteiger partial charge in [-0.25, -0.2) is 4.79 Å². The summed E-state index contributed by atoms with van der Waals surface area (Å²) in [7, 11) is 0. The van der Waals surface area contributed by atoms with Crippen molar-refractivity contribution in [2.75, 3.05) is 0 Å². The summed E-state index contributed by atoms with van der Waals surface area (Å²) in [6.07, 6.45) is 8.66. The van der Waals surface area contributed by atoms with Gasteiger partial charge in [0.05, 0.1) is 0 Å². The van der Waals surface area contributed by atoms with Gasteiger partial charge in [0.2, 0.25) is 0 Å². The molecule has 0 aliphatic heterocycles. The van der Waals surface area contributed by atoms with Gasteiger partial charge in [-0.2, -0.15) is 5.26 Å². The third kappa shape index (κ3) is 1.90. The lowest BCUT2D eigenvalue weighted by molar-refractivity contribution is -0.230. The molecule has 0 amide bonds. The van der Waals surface area contributed by atoms with E-state index in [0.29, 0.717) is 11.0 Å². The smallest absolute Gasteiger partial charge is 0.296 e. The Labute approximate surface area is 102 Å². The minimum atomic E-state index is -0.652. The van der Waals surface area contributed by atoms with E-state index in [1.807, 2.05) is 0 Å². The quantitative estimate of drug-likeness (QED) is 0.465. The number of carbonyl (C=O) groups is 1. The molecule has 4 saturated carbocycles. The Bertz CT molecular complexity index is 323. The summed E-state index contributed by atoms with van der Waals surface area (Å²) in [4.78, 5) is 15.1. The van der Waals surface area contributed by atoms with Gasteiger partial charge < -0.3 is 0 Å². The molecule has 0 heterocycles. The Kier molecular flexibility index (Phi) is 2.54. The van der Waals surface area contributed by atoms with Crippen LogP contribution in [0.2, 0.25) is 0 Å². The zero-order valence-corrected chi connectivity index (χ0v) is 10.2. The number of hydrogen-bond donors (Lipinski definition) is 1. The predicted molar refractivity (Wildman–Crippen MR) is 63.1 cm³/mol. The Balaban J connectivity index is 1.74. The van der Waals surface area contributed by atoms with Gasteiger partial charge in [-0.3, -0.25) is 4.89 Å². The molecular weight excluding hydrogens is 216 g/mol. The molecule has 4 aliphatic carbocycles. The van der Waals surface area contributed by atoms with Crippen molar-refractivity contribution in [3.05, 3.63) is 12.2 Å². The third-order valence-electron chi connectivity index (χ3n) is 5.13. The van der Waals surface area contributed by atoms with Crippen LogP contribution in [0, 0.1) is 23.2 Å². The van der Waals surface area contributed by atoms with Gasteiger partial charge in [-0.05, 0) is 68.1 Å². The molecule has 17 heavy (non-hydrogen) atoms. The van der Waals surface area contributed by atoms with Crippen molar-refractivity contribution in [2.24, 2.45) is 23.2 Å². The van der Waals surface area contributed by atoms with Crippen LogP contribution in [0.5, 0.6) is 0 Å². The van der Waals surface area contributed by atoms with Crippen molar-refractivity contribution in [1.82, 2.24) is 0 Å². The highest BCUT2D eigenvalue weighted by atomic mass is 17.1. The molecule has 0 saturated heterocycles. The lowest BCUT2D eigenvalue weighted by Crippen LogP contribution is -2.46. The van der Waals surface area contributed by atoms with E-state index in [9.17, 15) is 4.79 Å². The normalized spacial score (nSPS) is 42.5. The maximum absolute atomic E-state index is 11.3. The molecule has 3 nitrogen and oxygen atoms in total. The van der Waals surface area contributed by atoms with E-state index in [2.05, 4.69) is 11.5 Å². The minimum Gasteiger partial charge on any atom is -0.296 e. The highest BCUT2D eigenvalue weighted by molar-refractivity contribution is 5.87. The van der Waals surface area contributed by atoms with Gasteiger partial charge in [0.1, 0.15) is 0 Å². The number of carbonyl (C=O) groups excluding carboxylic acids is 1. The molecule has 3 heteroatoms. The summed E-state index contributed by atoms with van der Waals surface area (Å²) in [6, 6.07) is 0. The van der Waals surface area contributed by atoms with Crippen LogP contribution in [0.3, 0.4) is 0 Å². The first-order valence-electron chi connectivity index (χ1n) is 6.64. The molecule has 1 N–H and O–H groups in total. The second kappa shape index (κ2) is 3.84. The Morgan fingerprint density at radius 1 is 1.18 bits per heavy atom. The van der Waals surface area contributed by atoms with E-state index < -0.39 is 5.97 Å². The fourth-order valence-electron chi connectivity index (χ4n) is 5.10. The summed E-state index contributed by atoms with van der Waals surface area (Å²) in [5, 5.41) is 8.41. The van der Waals surface area contributed by atoms with Crippen molar-refractivity contribution < 1.29 is 14.9 Å². The molecular formula is C14H20O3. The zero-order valence-electron chi connectivity index (χ0n) is 10.2. The molecule has 0 aromatic heterocycles. The van der Waals surface area contributed by atoms with Crippen LogP contribution in [0.25, 0.3) is 0 Å². The van der Waals surface area contributed by atoms with E-state index in [1.54, 1.807) is 0 Å². The lowest BCUT2D eigenvalue weighted by atomic mass is 9.48. The van der Waals surface area contributed by atoms with Gasteiger partial charge in [0.25, 0.3) is 0 Å². The van der Waals surface area contributed by atoms with Crippen LogP contribution >= 0.6 is 0 Å². The third-order valence-corrected chi connectivity index (χ3v) is 5.13. The first kappa shape index (κ1) is 11.3. The fraction of sp³-hybridized carbons (Fsp3) is 0.786. The van der Waals surface area contributed by atoms with Gasteiger partial charge >= 0.3 is 5.97 Å². The van der Waals surface area contributed by atoms with Gasteiger partial charge in [0.15, 0.2) is 0 Å². The van der Waals surface area contributed by atoms with Crippen molar-refractivity contribution in [2.45, 2.75) is 44.9 Å². The Hall–Kier alpha value is -0.830. The highest BCUT2D eigenvalue weighted by Gasteiger charge is 2.51. The first-order valence-corrected chi connectivity index (χ1v) is 6.64.